The normalized spacial score (nSPS) is 13.1. The number of benzene rings is 1. The predicted molar refractivity (Wildman–Crippen MR) is 76.5 cm³/mol. The second kappa shape index (κ2) is 5.90. The Kier molecular flexibility index (Phi) is 4.18. The summed E-state index contributed by atoms with van der Waals surface area (Å²) in [6.45, 7) is 1.43. The Bertz CT molecular complexity index is 816. The first-order chi connectivity index (χ1) is 10.3. The summed E-state index contributed by atoms with van der Waals surface area (Å²) >= 11 is 0. The van der Waals surface area contributed by atoms with Gasteiger partial charge in [0.1, 0.15) is 6.10 Å². The van der Waals surface area contributed by atoms with Crippen molar-refractivity contribution in [2.75, 3.05) is 7.11 Å². The monoisotopic (exact) mass is 306 g/mol. The van der Waals surface area contributed by atoms with Gasteiger partial charge in [-0.25, -0.2) is 9.59 Å². The quantitative estimate of drug-likeness (QED) is 0.339. The highest BCUT2D eigenvalue weighted by Crippen LogP contribution is 2.33. The minimum atomic E-state index is -1.38. The highest BCUT2D eigenvalue weighted by Gasteiger charge is 2.17. The van der Waals surface area contributed by atoms with E-state index in [1.807, 2.05) is 0 Å². The molecule has 22 heavy (non-hydrogen) atoms. The number of carbonyl (C=O) groups excluding carboxylic acids is 1. The first kappa shape index (κ1) is 15.6. The van der Waals surface area contributed by atoms with Crippen LogP contribution in [0.4, 0.5) is 0 Å². The summed E-state index contributed by atoms with van der Waals surface area (Å²) in [5.74, 6) is -1.62. The van der Waals surface area contributed by atoms with Crippen LogP contribution in [0.1, 0.15) is 18.6 Å². The van der Waals surface area contributed by atoms with Crippen molar-refractivity contribution >= 4 is 16.9 Å². The number of methoxy groups -OCH3 is 1. The van der Waals surface area contributed by atoms with Gasteiger partial charge in [-0.15, -0.1) is 0 Å². The van der Waals surface area contributed by atoms with E-state index in [9.17, 15) is 24.9 Å². The molecule has 0 fully saturated rings. The molecule has 0 bridgehead atoms. The lowest BCUT2D eigenvalue weighted by atomic mass is 10.1. The van der Waals surface area contributed by atoms with Gasteiger partial charge in [-0.3, -0.25) is 0 Å². The molecule has 0 saturated carbocycles. The van der Waals surface area contributed by atoms with E-state index in [0.717, 1.165) is 6.08 Å². The standard InChI is InChI=1S/C15H14O7/c1-7(14(19)21-2)5-11(17)9-6-8-3-4-10(16)12(18)13(8)22-15(9)20/h3-6,11,16-18H,1-2H3/b7-5+. The van der Waals surface area contributed by atoms with E-state index >= 15 is 0 Å². The van der Waals surface area contributed by atoms with Gasteiger partial charge < -0.3 is 24.5 Å². The van der Waals surface area contributed by atoms with Crippen LogP contribution < -0.4 is 5.63 Å². The number of rotatable bonds is 3. The van der Waals surface area contributed by atoms with Crippen molar-refractivity contribution in [3.8, 4) is 11.5 Å². The van der Waals surface area contributed by atoms with Crippen molar-refractivity contribution in [2.24, 2.45) is 0 Å². The smallest absolute Gasteiger partial charge is 0.342 e. The van der Waals surface area contributed by atoms with Gasteiger partial charge in [-0.1, -0.05) is 0 Å². The van der Waals surface area contributed by atoms with Crippen LogP contribution >= 0.6 is 0 Å². The van der Waals surface area contributed by atoms with Gasteiger partial charge in [-0.2, -0.15) is 0 Å². The van der Waals surface area contributed by atoms with Crippen LogP contribution in [0.25, 0.3) is 11.0 Å². The van der Waals surface area contributed by atoms with Gasteiger partial charge in [-0.05, 0) is 31.2 Å². The molecular formula is C15H14O7. The maximum atomic E-state index is 11.9. The average Bonchev–Trinajstić information content (AvgIpc) is 2.50. The molecule has 0 aliphatic rings. The maximum Gasteiger partial charge on any atom is 0.342 e. The van der Waals surface area contributed by atoms with Crippen molar-refractivity contribution in [1.29, 1.82) is 0 Å². The molecule has 0 spiro atoms. The lowest BCUT2D eigenvalue weighted by molar-refractivity contribution is -0.136. The Morgan fingerprint density at radius 2 is 2.05 bits per heavy atom. The molecule has 1 unspecified atom stereocenters. The molecule has 0 aliphatic carbocycles. The van der Waals surface area contributed by atoms with Gasteiger partial charge >= 0.3 is 11.6 Å². The third kappa shape index (κ3) is 2.79. The van der Waals surface area contributed by atoms with Crippen LogP contribution in [0.3, 0.4) is 0 Å². The van der Waals surface area contributed by atoms with Crippen molar-refractivity contribution in [2.45, 2.75) is 13.0 Å². The Hall–Kier alpha value is -2.80. The molecule has 1 aromatic carbocycles. The van der Waals surface area contributed by atoms with Crippen LogP contribution in [-0.2, 0) is 9.53 Å². The van der Waals surface area contributed by atoms with Crippen molar-refractivity contribution < 1.29 is 29.3 Å². The van der Waals surface area contributed by atoms with Crippen LogP contribution in [-0.4, -0.2) is 28.4 Å². The minimum absolute atomic E-state index is 0.110. The number of phenolic OH excluding ortho intramolecular Hbond substituents is 2. The maximum absolute atomic E-state index is 11.9. The van der Waals surface area contributed by atoms with Gasteiger partial charge in [0, 0.05) is 11.0 Å². The van der Waals surface area contributed by atoms with E-state index < -0.39 is 29.2 Å². The highest BCUT2D eigenvalue weighted by molar-refractivity contribution is 5.88. The van der Waals surface area contributed by atoms with Crippen LogP contribution in [0.5, 0.6) is 11.5 Å². The second-order valence-corrected chi connectivity index (χ2v) is 4.63. The number of aromatic hydroxyl groups is 2. The van der Waals surface area contributed by atoms with Gasteiger partial charge in [0.25, 0.3) is 0 Å². The number of fused-ring (bicyclic) bond motifs is 1. The summed E-state index contributed by atoms with van der Waals surface area (Å²) in [7, 11) is 1.20. The topological polar surface area (TPSA) is 117 Å². The average molecular weight is 306 g/mol. The lowest BCUT2D eigenvalue weighted by Gasteiger charge is -2.08. The van der Waals surface area contributed by atoms with Gasteiger partial charge in [0.2, 0.25) is 5.75 Å². The molecule has 7 nitrogen and oxygen atoms in total. The zero-order valence-corrected chi connectivity index (χ0v) is 11.9. The molecule has 0 aliphatic heterocycles. The summed E-state index contributed by atoms with van der Waals surface area (Å²) in [6.07, 6.45) is -0.222. The zero-order valence-electron chi connectivity index (χ0n) is 11.9. The first-order valence-electron chi connectivity index (χ1n) is 6.28. The molecule has 1 atom stereocenters. The van der Waals surface area contributed by atoms with E-state index in [0.29, 0.717) is 5.39 Å². The fourth-order valence-electron chi connectivity index (χ4n) is 1.94. The first-order valence-corrected chi connectivity index (χ1v) is 6.28. The van der Waals surface area contributed by atoms with Crippen LogP contribution in [0.15, 0.2) is 39.1 Å². The molecule has 1 heterocycles. The summed E-state index contributed by atoms with van der Waals surface area (Å²) in [5, 5.41) is 29.4. The Morgan fingerprint density at radius 3 is 2.68 bits per heavy atom. The molecule has 0 saturated heterocycles. The van der Waals surface area contributed by atoms with Crippen molar-refractivity contribution in [1.82, 2.24) is 0 Å². The Balaban J connectivity index is 2.53. The summed E-state index contributed by atoms with van der Waals surface area (Å²) < 4.78 is 9.42. The molecular weight excluding hydrogens is 292 g/mol. The number of carbonyl (C=O) groups is 1. The molecule has 116 valence electrons. The molecule has 2 rings (SSSR count). The number of phenols is 2. The molecule has 2 aromatic rings. The number of esters is 1. The Morgan fingerprint density at radius 1 is 1.36 bits per heavy atom. The molecule has 1 aromatic heterocycles. The summed E-state index contributed by atoms with van der Waals surface area (Å²) in [5.41, 5.74) is -1.06. The van der Waals surface area contributed by atoms with Gasteiger partial charge in [0.05, 0.1) is 12.7 Å². The van der Waals surface area contributed by atoms with E-state index in [1.165, 1.54) is 32.2 Å². The second-order valence-electron chi connectivity index (χ2n) is 4.63. The van der Waals surface area contributed by atoms with E-state index in [1.54, 1.807) is 0 Å². The fraction of sp³-hybridized carbons (Fsp3) is 0.200. The minimum Gasteiger partial charge on any atom is -0.504 e. The summed E-state index contributed by atoms with van der Waals surface area (Å²) in [4.78, 5) is 23.2. The number of hydrogen-bond acceptors (Lipinski definition) is 7. The van der Waals surface area contributed by atoms with Crippen molar-refractivity contribution in [3.63, 3.8) is 0 Å². The number of hydrogen-bond donors (Lipinski definition) is 3. The summed E-state index contributed by atoms with van der Waals surface area (Å²) in [6, 6.07) is 3.95. The van der Waals surface area contributed by atoms with Gasteiger partial charge in [0.15, 0.2) is 11.3 Å². The largest absolute Gasteiger partial charge is 0.504 e. The molecule has 7 heteroatoms. The molecule has 3 N–H and O–H groups in total. The number of aliphatic hydroxyl groups is 1. The van der Waals surface area contributed by atoms with E-state index in [2.05, 4.69) is 4.74 Å². The SMILES string of the molecule is COC(=O)/C(C)=C/C(O)c1cc2ccc(O)c(O)c2oc1=O. The third-order valence-electron chi connectivity index (χ3n) is 3.12. The van der Waals surface area contributed by atoms with Crippen LogP contribution in [0, 0.1) is 0 Å². The Labute approximate surface area is 124 Å². The molecule has 0 radical (unpaired) electrons. The number of aliphatic hydroxyl groups excluding tert-OH is 1. The number of ether oxygens (including phenoxy) is 1. The zero-order chi connectivity index (χ0) is 16.4. The van der Waals surface area contributed by atoms with Crippen LogP contribution in [0.2, 0.25) is 0 Å². The predicted octanol–water partition coefficient (Wildman–Crippen LogP) is 1.36. The molecule has 0 amide bonds. The van der Waals surface area contributed by atoms with E-state index in [4.69, 9.17) is 4.42 Å². The van der Waals surface area contributed by atoms with E-state index in [-0.39, 0.29) is 16.7 Å². The highest BCUT2D eigenvalue weighted by atomic mass is 16.5. The van der Waals surface area contributed by atoms with Crippen molar-refractivity contribution in [3.05, 3.63) is 45.8 Å². The fourth-order valence-corrected chi connectivity index (χ4v) is 1.94. The lowest BCUT2D eigenvalue weighted by Crippen LogP contribution is -2.12. The third-order valence-corrected chi connectivity index (χ3v) is 3.12.